The van der Waals surface area contributed by atoms with Gasteiger partial charge in [0.15, 0.2) is 0 Å². The molecule has 1 aliphatic carbocycles. The summed E-state index contributed by atoms with van der Waals surface area (Å²) in [7, 11) is 0. The summed E-state index contributed by atoms with van der Waals surface area (Å²) < 4.78 is 73.6. The van der Waals surface area contributed by atoms with Crippen molar-refractivity contribution in [2.24, 2.45) is 0 Å². The molecule has 0 spiro atoms. The molecule has 4 nitrogen and oxygen atoms in total. The number of alkyl halides is 4. The van der Waals surface area contributed by atoms with Gasteiger partial charge in [0.2, 0.25) is 0 Å². The zero-order valence-electron chi connectivity index (χ0n) is 21.7. The first-order valence-corrected chi connectivity index (χ1v) is 12.3. The first-order valence-electron chi connectivity index (χ1n) is 12.3. The maximum Gasteiger partial charge on any atom is 0.426 e. The van der Waals surface area contributed by atoms with E-state index in [9.17, 15) is 22.4 Å². The molecule has 0 fully saturated rings. The zero-order valence-corrected chi connectivity index (χ0v) is 21.7. The van der Waals surface area contributed by atoms with E-state index in [1.165, 1.54) is 66.8 Å². The normalized spacial score (nSPS) is 12.8. The summed E-state index contributed by atoms with van der Waals surface area (Å²) in [6.45, 7) is 5.15. The van der Waals surface area contributed by atoms with Gasteiger partial charge in [0.05, 0.1) is 17.7 Å². The highest BCUT2D eigenvalue weighted by Crippen LogP contribution is 2.35. The highest BCUT2D eigenvalue weighted by molar-refractivity contribution is 5.81. The molecule has 0 bridgehead atoms. The Hall–Kier alpha value is -4.69. The average Bonchev–Trinajstić information content (AvgIpc) is 3.15. The molecule has 40 heavy (non-hydrogen) atoms. The number of esters is 1. The zero-order chi connectivity index (χ0) is 29.0. The fraction of sp³-hybridized carbons (Fsp3) is 0.219. The van der Waals surface area contributed by atoms with Gasteiger partial charge in [-0.2, -0.15) is 17.6 Å². The van der Waals surface area contributed by atoms with Gasteiger partial charge in [0.25, 0.3) is 0 Å². The lowest BCUT2D eigenvalue weighted by Crippen LogP contribution is -2.18. The number of allylic oxidation sites excluding steroid dienone is 4. The second kappa shape index (κ2) is 13.9. The summed E-state index contributed by atoms with van der Waals surface area (Å²) in [4.78, 5) is 11.0. The first kappa shape index (κ1) is 29.9. The molecular weight excluding hydrogens is 524 g/mol. The molecule has 0 saturated heterocycles. The van der Waals surface area contributed by atoms with E-state index in [1.807, 2.05) is 0 Å². The Kier molecular flexibility index (Phi) is 10.4. The molecule has 2 aromatic carbocycles. The summed E-state index contributed by atoms with van der Waals surface area (Å²) in [5.41, 5.74) is 0.343. The number of halogens is 4. The molecule has 0 aromatic heterocycles. The Morgan fingerprint density at radius 1 is 0.925 bits per heavy atom. The maximum atomic E-state index is 14.8. The third-order valence-electron chi connectivity index (χ3n) is 5.34. The fourth-order valence-corrected chi connectivity index (χ4v) is 3.36. The van der Waals surface area contributed by atoms with Gasteiger partial charge < -0.3 is 14.2 Å². The molecule has 0 aliphatic heterocycles. The van der Waals surface area contributed by atoms with Gasteiger partial charge in [0, 0.05) is 30.0 Å². The van der Waals surface area contributed by atoms with E-state index in [2.05, 4.69) is 30.3 Å². The number of carbonyl (C=O) groups is 1. The summed E-state index contributed by atoms with van der Waals surface area (Å²) in [6.07, 6.45) is -0.332. The van der Waals surface area contributed by atoms with Gasteiger partial charge in [-0.25, -0.2) is 4.79 Å². The monoisotopic (exact) mass is 550 g/mol. The van der Waals surface area contributed by atoms with Crippen LogP contribution < -0.4 is 0 Å². The lowest BCUT2D eigenvalue weighted by molar-refractivity contribution is -0.225. The van der Waals surface area contributed by atoms with E-state index in [0.29, 0.717) is 24.0 Å². The largest absolute Gasteiger partial charge is 0.463 e. The molecule has 206 valence electrons. The smallest absolute Gasteiger partial charge is 0.426 e. The van der Waals surface area contributed by atoms with Crippen LogP contribution in [0.1, 0.15) is 48.4 Å². The molecule has 3 rings (SSSR count). The van der Waals surface area contributed by atoms with Crippen molar-refractivity contribution in [1.82, 2.24) is 0 Å². The lowest BCUT2D eigenvalue weighted by Gasteiger charge is -2.19. The van der Waals surface area contributed by atoms with Crippen molar-refractivity contribution in [3.63, 3.8) is 0 Å². The summed E-state index contributed by atoms with van der Waals surface area (Å²) in [5, 5.41) is 0. The van der Waals surface area contributed by atoms with Crippen LogP contribution in [0.15, 0.2) is 97.0 Å². The fourth-order valence-electron chi connectivity index (χ4n) is 3.36. The number of carbonyl (C=O) groups excluding carboxylic acids is 1. The van der Waals surface area contributed by atoms with E-state index in [4.69, 9.17) is 14.2 Å². The van der Waals surface area contributed by atoms with Gasteiger partial charge >= 0.3 is 18.2 Å². The molecule has 1 aliphatic rings. The quantitative estimate of drug-likeness (QED) is 0.101. The van der Waals surface area contributed by atoms with E-state index < -0.39 is 23.7 Å². The number of hydrogen-bond acceptors (Lipinski definition) is 4. The van der Waals surface area contributed by atoms with Crippen LogP contribution in [0.4, 0.5) is 17.6 Å². The summed E-state index contributed by atoms with van der Waals surface area (Å²) >= 11 is 0. The van der Waals surface area contributed by atoms with Crippen LogP contribution in [0.25, 0.3) is 0 Å². The second-order valence-electron chi connectivity index (χ2n) is 8.35. The van der Waals surface area contributed by atoms with Gasteiger partial charge in [0.1, 0.15) is 11.5 Å². The van der Waals surface area contributed by atoms with E-state index in [1.54, 1.807) is 6.92 Å². The van der Waals surface area contributed by atoms with Crippen LogP contribution in [0.5, 0.6) is 0 Å². The Morgan fingerprint density at radius 2 is 1.52 bits per heavy atom. The Balaban J connectivity index is 1.59. The number of rotatable bonds is 10. The van der Waals surface area contributed by atoms with Gasteiger partial charge in [-0.05, 0) is 80.1 Å². The summed E-state index contributed by atoms with van der Waals surface area (Å²) in [6, 6.07) is 10.6. The minimum Gasteiger partial charge on any atom is -0.463 e. The molecule has 8 heteroatoms. The van der Waals surface area contributed by atoms with Crippen LogP contribution in [0.2, 0.25) is 0 Å². The highest BCUT2D eigenvalue weighted by atomic mass is 19.3. The van der Waals surface area contributed by atoms with Crippen LogP contribution >= 0.6 is 0 Å². The molecule has 2 aromatic rings. The molecule has 0 atom stereocenters. The van der Waals surface area contributed by atoms with Crippen LogP contribution in [-0.2, 0) is 31.2 Å². The molecular formula is C32H26F4O4. The highest BCUT2D eigenvalue weighted by Gasteiger charge is 2.36. The van der Waals surface area contributed by atoms with Crippen molar-refractivity contribution < 1.29 is 36.6 Å². The number of hydrogen-bond donors (Lipinski definition) is 0. The number of benzene rings is 2. The lowest BCUT2D eigenvalue weighted by atomic mass is 10.1. The number of ether oxygens (including phenoxy) is 3. The minimum absolute atomic E-state index is 0.0550. The third-order valence-corrected chi connectivity index (χ3v) is 5.34. The van der Waals surface area contributed by atoms with Crippen molar-refractivity contribution in [3.05, 3.63) is 119 Å². The molecule has 0 amide bonds. The van der Waals surface area contributed by atoms with Crippen LogP contribution in [0, 0.1) is 23.7 Å². The second-order valence-corrected chi connectivity index (χ2v) is 8.35. The average molecular weight is 551 g/mol. The van der Waals surface area contributed by atoms with Gasteiger partial charge in [-0.1, -0.05) is 30.4 Å². The van der Waals surface area contributed by atoms with Crippen LogP contribution in [0.3, 0.4) is 0 Å². The standard InChI is InChI=1S/C32H26F4O4/c1-3-9-24-13-17-26(18-14-24)31(33,34)39-28-11-8-12-29(22-21-28)40-32(35,36)27-19-15-25(16-20-27)10-6-5-7-23-38-30(37)4-2/h4,8,11,13-22H,2,5,7,12,23H2,1H3. The predicted molar refractivity (Wildman–Crippen MR) is 143 cm³/mol. The molecule has 0 unspecified atom stereocenters. The van der Waals surface area contributed by atoms with E-state index >= 15 is 0 Å². The van der Waals surface area contributed by atoms with Crippen molar-refractivity contribution >= 4 is 5.97 Å². The van der Waals surface area contributed by atoms with E-state index in [0.717, 1.165) is 12.2 Å². The van der Waals surface area contributed by atoms with Crippen molar-refractivity contribution in [1.29, 1.82) is 0 Å². The molecule has 0 N–H and O–H groups in total. The Morgan fingerprint density at radius 3 is 2.12 bits per heavy atom. The van der Waals surface area contributed by atoms with E-state index in [-0.39, 0.29) is 30.1 Å². The predicted octanol–water partition coefficient (Wildman–Crippen LogP) is 7.48. The molecule has 0 saturated carbocycles. The molecule has 0 radical (unpaired) electrons. The van der Waals surface area contributed by atoms with Gasteiger partial charge in [-0.15, -0.1) is 5.92 Å². The SMILES string of the molecule is C=CC(=O)OCCCC#Cc1ccc(C(F)(F)OC2=CC=C(OC(F)(F)c3ccc(C#CC)cc3)C=CC2)cc1. The maximum absolute atomic E-state index is 14.8. The van der Waals surface area contributed by atoms with Gasteiger partial charge in [-0.3, -0.25) is 0 Å². The van der Waals surface area contributed by atoms with Crippen LogP contribution in [-0.4, -0.2) is 12.6 Å². The van der Waals surface area contributed by atoms with Crippen molar-refractivity contribution in [2.45, 2.75) is 38.4 Å². The topological polar surface area (TPSA) is 44.8 Å². The number of unbranched alkanes of at least 4 members (excludes halogenated alkanes) is 1. The summed E-state index contributed by atoms with van der Waals surface area (Å²) in [5.74, 6) is 10.3. The van der Waals surface area contributed by atoms with Crippen molar-refractivity contribution in [3.8, 4) is 23.7 Å². The Labute approximate surface area is 230 Å². The third kappa shape index (κ3) is 8.96. The minimum atomic E-state index is -3.67. The first-order chi connectivity index (χ1) is 19.1. The van der Waals surface area contributed by atoms with Crippen molar-refractivity contribution in [2.75, 3.05) is 6.61 Å². The Bertz CT molecular complexity index is 1410. The molecule has 0 heterocycles.